The molecule has 4 rings (SSSR count). The number of fused-ring (bicyclic) bond motifs is 1. The molecule has 2 aromatic rings. The largest absolute Gasteiger partial charge is 0.375 e. The number of nitrogens with zero attached hydrogens (tertiary/aromatic N) is 4. The second kappa shape index (κ2) is 7.81. The molecule has 1 amide bonds. The van der Waals surface area contributed by atoms with Gasteiger partial charge in [-0.05, 0) is 24.6 Å². The first kappa shape index (κ1) is 19.4. The van der Waals surface area contributed by atoms with Gasteiger partial charge in [0.15, 0.2) is 0 Å². The summed E-state index contributed by atoms with van der Waals surface area (Å²) < 4.78 is 21.5. The third-order valence-corrected chi connectivity index (χ3v) is 5.92. The lowest BCUT2D eigenvalue weighted by Crippen LogP contribution is -2.47. The van der Waals surface area contributed by atoms with Gasteiger partial charge in [-0.2, -0.15) is 0 Å². The number of aromatic nitrogens is 2. The highest BCUT2D eigenvalue weighted by Gasteiger charge is 2.39. The van der Waals surface area contributed by atoms with Crippen LogP contribution >= 0.6 is 11.6 Å². The molecule has 2 saturated heterocycles. The van der Waals surface area contributed by atoms with Gasteiger partial charge in [-0.1, -0.05) is 11.6 Å². The van der Waals surface area contributed by atoms with E-state index < -0.39 is 0 Å². The first-order valence-corrected chi connectivity index (χ1v) is 9.84. The van der Waals surface area contributed by atoms with Gasteiger partial charge in [-0.25, -0.2) is 9.37 Å². The number of ether oxygens (including phenoxy) is 1. The van der Waals surface area contributed by atoms with Crippen molar-refractivity contribution in [3.8, 4) is 11.4 Å². The Bertz CT molecular complexity index is 872. The molecule has 3 heterocycles. The fraction of sp³-hybridized carbons (Fsp3) is 0.500. The first-order chi connectivity index (χ1) is 13.4. The molecular weight excluding hydrogens is 383 g/mol. The second-order valence-corrected chi connectivity index (χ2v) is 8.13. The highest BCUT2D eigenvalue weighted by molar-refractivity contribution is 6.33. The van der Waals surface area contributed by atoms with E-state index in [1.54, 1.807) is 31.3 Å². The number of rotatable bonds is 4. The lowest BCUT2D eigenvalue weighted by Gasteiger charge is -2.35. The van der Waals surface area contributed by atoms with Gasteiger partial charge in [0.1, 0.15) is 11.6 Å². The van der Waals surface area contributed by atoms with Crippen LogP contribution in [0.5, 0.6) is 0 Å². The van der Waals surface area contributed by atoms with E-state index in [2.05, 4.69) is 14.5 Å². The summed E-state index contributed by atoms with van der Waals surface area (Å²) in [5.41, 5.74) is 0.726. The molecule has 0 unspecified atom stereocenters. The van der Waals surface area contributed by atoms with Gasteiger partial charge < -0.3 is 14.2 Å². The monoisotopic (exact) mass is 406 g/mol. The van der Waals surface area contributed by atoms with Gasteiger partial charge in [0.2, 0.25) is 5.91 Å². The highest BCUT2D eigenvalue weighted by Crippen LogP contribution is 2.35. The average molecular weight is 407 g/mol. The Labute approximate surface area is 168 Å². The maximum Gasteiger partial charge on any atom is 0.224 e. The minimum absolute atomic E-state index is 0.0706. The van der Waals surface area contributed by atoms with Crippen molar-refractivity contribution in [2.24, 2.45) is 0 Å². The number of morpholine rings is 1. The predicted molar refractivity (Wildman–Crippen MR) is 105 cm³/mol. The molecule has 2 fully saturated rings. The summed E-state index contributed by atoms with van der Waals surface area (Å²) in [6.07, 6.45) is 4.98. The number of imidazole rings is 1. The van der Waals surface area contributed by atoms with Crippen LogP contribution in [0.25, 0.3) is 11.4 Å². The number of hydrogen-bond acceptors (Lipinski definition) is 4. The summed E-state index contributed by atoms with van der Waals surface area (Å²) in [5, 5.41) is 0.355. The molecule has 0 saturated carbocycles. The van der Waals surface area contributed by atoms with Gasteiger partial charge in [0.05, 0.1) is 24.2 Å². The molecular formula is C20H24ClFN4O2. The molecule has 0 radical (unpaired) electrons. The van der Waals surface area contributed by atoms with E-state index in [-0.39, 0.29) is 23.9 Å². The smallest absolute Gasteiger partial charge is 0.224 e. The number of halogens is 2. The molecule has 0 bridgehead atoms. The van der Waals surface area contributed by atoms with Crippen LogP contribution in [-0.2, 0) is 9.53 Å². The van der Waals surface area contributed by atoms with Gasteiger partial charge in [-0.15, -0.1) is 0 Å². The Morgan fingerprint density at radius 3 is 2.93 bits per heavy atom. The highest BCUT2D eigenvalue weighted by atomic mass is 35.5. The van der Waals surface area contributed by atoms with Crippen molar-refractivity contribution in [1.29, 1.82) is 0 Å². The number of hydrogen-bond donors (Lipinski definition) is 0. The minimum atomic E-state index is -0.361. The van der Waals surface area contributed by atoms with Gasteiger partial charge in [0, 0.05) is 57.2 Å². The SMILES string of the molecule is CN(C)C(=O)C[C@H]1CN2C[C@H](n3ccnc3-c3ccc(F)cc3Cl)C[C@H]2CO1. The summed E-state index contributed by atoms with van der Waals surface area (Å²) in [4.78, 5) is 20.5. The van der Waals surface area contributed by atoms with E-state index >= 15 is 0 Å². The molecule has 6 nitrogen and oxygen atoms in total. The van der Waals surface area contributed by atoms with Crippen LogP contribution in [0.15, 0.2) is 30.6 Å². The van der Waals surface area contributed by atoms with Crippen LogP contribution in [0.4, 0.5) is 4.39 Å². The lowest BCUT2D eigenvalue weighted by atomic mass is 10.1. The van der Waals surface area contributed by atoms with Crippen molar-refractivity contribution in [3.05, 3.63) is 41.4 Å². The first-order valence-electron chi connectivity index (χ1n) is 9.46. The van der Waals surface area contributed by atoms with Gasteiger partial charge in [-0.3, -0.25) is 9.69 Å². The molecule has 28 heavy (non-hydrogen) atoms. The van der Waals surface area contributed by atoms with E-state index in [9.17, 15) is 9.18 Å². The normalized spacial score (nSPS) is 24.9. The quantitative estimate of drug-likeness (QED) is 0.783. The van der Waals surface area contributed by atoms with Crippen LogP contribution in [0, 0.1) is 5.82 Å². The Morgan fingerprint density at radius 2 is 2.18 bits per heavy atom. The van der Waals surface area contributed by atoms with Gasteiger partial charge >= 0.3 is 0 Å². The molecule has 8 heteroatoms. The molecule has 2 aliphatic heterocycles. The third-order valence-electron chi connectivity index (χ3n) is 5.60. The number of benzene rings is 1. The Hall–Kier alpha value is -1.96. The van der Waals surface area contributed by atoms with Crippen LogP contribution in [0.3, 0.4) is 0 Å². The van der Waals surface area contributed by atoms with Crippen LogP contribution in [-0.4, -0.2) is 71.2 Å². The van der Waals surface area contributed by atoms with Crippen LogP contribution in [0.2, 0.25) is 5.02 Å². The van der Waals surface area contributed by atoms with E-state index in [4.69, 9.17) is 16.3 Å². The van der Waals surface area contributed by atoms with Crippen molar-refractivity contribution in [2.75, 3.05) is 33.8 Å². The standard InChI is InChI=1S/C20H24ClFN4O2/c1-24(2)19(27)9-16-11-25-10-14(8-15(25)12-28-16)26-6-5-23-20(26)17-4-3-13(22)7-18(17)21/h3-7,14-16H,8-12H2,1-2H3/t14-,15+,16+/m1/s1. The lowest BCUT2D eigenvalue weighted by molar-refractivity contribution is -0.134. The maximum atomic E-state index is 13.4. The number of carbonyl (C=O) groups excluding carboxylic acids is 1. The summed E-state index contributed by atoms with van der Waals surface area (Å²) in [6, 6.07) is 4.95. The molecule has 0 aliphatic carbocycles. The van der Waals surface area contributed by atoms with E-state index in [1.165, 1.54) is 12.1 Å². The zero-order valence-electron chi connectivity index (χ0n) is 16.0. The summed E-state index contributed by atoms with van der Waals surface area (Å²) in [6.45, 7) is 2.24. The van der Waals surface area contributed by atoms with Crippen molar-refractivity contribution in [1.82, 2.24) is 19.4 Å². The number of amides is 1. The van der Waals surface area contributed by atoms with Gasteiger partial charge in [0.25, 0.3) is 0 Å². The van der Waals surface area contributed by atoms with Crippen molar-refractivity contribution in [3.63, 3.8) is 0 Å². The van der Waals surface area contributed by atoms with E-state index in [0.29, 0.717) is 24.1 Å². The summed E-state index contributed by atoms with van der Waals surface area (Å²) in [5.74, 6) is 0.470. The van der Waals surface area contributed by atoms with Crippen molar-refractivity contribution in [2.45, 2.75) is 31.0 Å². The molecule has 3 atom stereocenters. The molecule has 1 aromatic heterocycles. The molecule has 0 spiro atoms. The molecule has 150 valence electrons. The summed E-state index contributed by atoms with van der Waals surface area (Å²) in [7, 11) is 3.53. The third kappa shape index (κ3) is 3.79. The molecule has 1 aromatic carbocycles. The zero-order chi connectivity index (χ0) is 19.8. The predicted octanol–water partition coefficient (Wildman–Crippen LogP) is 2.84. The molecule has 0 N–H and O–H groups in total. The maximum absolute atomic E-state index is 13.4. The van der Waals surface area contributed by atoms with Crippen molar-refractivity contribution >= 4 is 17.5 Å². The zero-order valence-corrected chi connectivity index (χ0v) is 16.8. The number of carbonyl (C=O) groups is 1. The van der Waals surface area contributed by atoms with E-state index in [1.807, 2.05) is 6.20 Å². The topological polar surface area (TPSA) is 50.6 Å². The minimum Gasteiger partial charge on any atom is -0.375 e. The summed E-state index contributed by atoms with van der Waals surface area (Å²) >= 11 is 6.25. The van der Waals surface area contributed by atoms with Crippen molar-refractivity contribution < 1.29 is 13.9 Å². The Balaban J connectivity index is 1.48. The fourth-order valence-electron chi connectivity index (χ4n) is 4.11. The average Bonchev–Trinajstić information content (AvgIpc) is 3.27. The fourth-order valence-corrected chi connectivity index (χ4v) is 4.36. The Kier molecular flexibility index (Phi) is 5.40. The van der Waals surface area contributed by atoms with E-state index in [0.717, 1.165) is 30.9 Å². The molecule has 2 aliphatic rings. The second-order valence-electron chi connectivity index (χ2n) is 7.73. The Morgan fingerprint density at radius 1 is 1.36 bits per heavy atom. The van der Waals surface area contributed by atoms with Crippen LogP contribution < -0.4 is 0 Å². The van der Waals surface area contributed by atoms with Crippen LogP contribution in [0.1, 0.15) is 18.9 Å².